The minimum Gasteiger partial charge on any atom is -0.337 e. The third-order valence-electron chi connectivity index (χ3n) is 3.47. The highest BCUT2D eigenvalue weighted by molar-refractivity contribution is 7.09. The highest BCUT2D eigenvalue weighted by Crippen LogP contribution is 2.13. The van der Waals surface area contributed by atoms with Crippen molar-refractivity contribution in [2.24, 2.45) is 5.73 Å². The normalized spacial score (nSPS) is 10.3. The standard InChI is InChI=1S/C17H22FN3OS.ClH/c1-2-9-21(10-7-13-4-3-5-14(18)11-13)17(22)15-12-23-16(20-15)6-8-19;/h3-5,11-12H,2,6-10,19H2,1H3;1H. The highest BCUT2D eigenvalue weighted by atomic mass is 35.5. The molecule has 0 fully saturated rings. The summed E-state index contributed by atoms with van der Waals surface area (Å²) >= 11 is 1.47. The molecule has 1 heterocycles. The lowest BCUT2D eigenvalue weighted by molar-refractivity contribution is 0.0752. The van der Waals surface area contributed by atoms with Crippen LogP contribution in [-0.2, 0) is 12.8 Å². The Labute approximate surface area is 152 Å². The number of benzene rings is 1. The SMILES string of the molecule is CCCN(CCc1cccc(F)c1)C(=O)c1csc(CCN)n1.Cl. The van der Waals surface area contributed by atoms with Crippen molar-refractivity contribution in [1.29, 1.82) is 0 Å². The van der Waals surface area contributed by atoms with Gasteiger partial charge in [-0.2, -0.15) is 0 Å². The molecule has 1 aromatic carbocycles. The molecule has 132 valence electrons. The molecule has 2 N–H and O–H groups in total. The number of halogens is 2. The fourth-order valence-corrected chi connectivity index (χ4v) is 3.14. The van der Waals surface area contributed by atoms with Gasteiger partial charge in [0.15, 0.2) is 0 Å². The highest BCUT2D eigenvalue weighted by Gasteiger charge is 2.18. The molecule has 0 saturated heterocycles. The number of carbonyl (C=O) groups excluding carboxylic acids is 1. The Balaban J connectivity index is 0.00000288. The summed E-state index contributed by atoms with van der Waals surface area (Å²) < 4.78 is 13.2. The van der Waals surface area contributed by atoms with Crippen molar-refractivity contribution in [1.82, 2.24) is 9.88 Å². The minimum atomic E-state index is -0.248. The molecule has 0 aliphatic carbocycles. The molecule has 0 unspecified atom stereocenters. The number of aromatic nitrogens is 1. The first-order valence-electron chi connectivity index (χ1n) is 7.82. The number of carbonyl (C=O) groups is 1. The number of nitrogens with two attached hydrogens (primary N) is 1. The predicted molar refractivity (Wildman–Crippen MR) is 98.4 cm³/mol. The molecule has 0 aliphatic heterocycles. The molecule has 0 atom stereocenters. The topological polar surface area (TPSA) is 59.2 Å². The summed E-state index contributed by atoms with van der Waals surface area (Å²) in [6, 6.07) is 6.50. The zero-order valence-corrected chi connectivity index (χ0v) is 15.3. The molecule has 1 aromatic heterocycles. The van der Waals surface area contributed by atoms with E-state index in [1.54, 1.807) is 16.3 Å². The maximum Gasteiger partial charge on any atom is 0.273 e. The molecule has 1 amide bonds. The van der Waals surface area contributed by atoms with Gasteiger partial charge in [0.25, 0.3) is 5.91 Å². The molecule has 24 heavy (non-hydrogen) atoms. The largest absolute Gasteiger partial charge is 0.337 e. The lowest BCUT2D eigenvalue weighted by atomic mass is 10.1. The Morgan fingerprint density at radius 2 is 2.12 bits per heavy atom. The fraction of sp³-hybridized carbons (Fsp3) is 0.412. The molecular formula is C17H23ClFN3OS. The lowest BCUT2D eigenvalue weighted by Crippen LogP contribution is -2.34. The van der Waals surface area contributed by atoms with Gasteiger partial charge in [0.05, 0.1) is 5.01 Å². The summed E-state index contributed by atoms with van der Waals surface area (Å²) in [7, 11) is 0. The van der Waals surface area contributed by atoms with Gasteiger partial charge >= 0.3 is 0 Å². The van der Waals surface area contributed by atoms with E-state index in [0.717, 1.165) is 17.0 Å². The Hall–Kier alpha value is -1.50. The third kappa shape index (κ3) is 5.85. The van der Waals surface area contributed by atoms with Crippen LogP contribution in [0.4, 0.5) is 4.39 Å². The van der Waals surface area contributed by atoms with Gasteiger partial charge in [-0.15, -0.1) is 23.7 Å². The van der Waals surface area contributed by atoms with Gasteiger partial charge in [-0.1, -0.05) is 19.1 Å². The second-order valence-corrected chi connectivity index (χ2v) is 6.28. The Morgan fingerprint density at radius 1 is 1.33 bits per heavy atom. The molecule has 0 saturated carbocycles. The van der Waals surface area contributed by atoms with Gasteiger partial charge < -0.3 is 10.6 Å². The van der Waals surface area contributed by atoms with Crippen LogP contribution in [0.3, 0.4) is 0 Å². The number of amides is 1. The average Bonchev–Trinajstić information content (AvgIpc) is 3.00. The molecule has 0 radical (unpaired) electrons. The second-order valence-electron chi connectivity index (χ2n) is 5.34. The summed E-state index contributed by atoms with van der Waals surface area (Å²) in [5.41, 5.74) is 6.89. The summed E-state index contributed by atoms with van der Waals surface area (Å²) in [4.78, 5) is 18.7. The van der Waals surface area contributed by atoms with Gasteiger partial charge in [0, 0.05) is 24.9 Å². The van der Waals surface area contributed by atoms with Crippen LogP contribution in [-0.4, -0.2) is 35.4 Å². The van der Waals surface area contributed by atoms with Crippen molar-refractivity contribution >= 4 is 29.7 Å². The van der Waals surface area contributed by atoms with E-state index in [9.17, 15) is 9.18 Å². The number of rotatable bonds is 8. The number of hydrogen-bond acceptors (Lipinski definition) is 4. The van der Waals surface area contributed by atoms with E-state index >= 15 is 0 Å². The zero-order valence-electron chi connectivity index (χ0n) is 13.7. The first kappa shape index (κ1) is 20.5. The van der Waals surface area contributed by atoms with E-state index in [1.807, 2.05) is 13.0 Å². The summed E-state index contributed by atoms with van der Waals surface area (Å²) in [5, 5.41) is 2.68. The van der Waals surface area contributed by atoms with Crippen LogP contribution >= 0.6 is 23.7 Å². The Bertz CT molecular complexity index is 650. The van der Waals surface area contributed by atoms with E-state index in [-0.39, 0.29) is 24.1 Å². The lowest BCUT2D eigenvalue weighted by Gasteiger charge is -2.21. The first-order valence-corrected chi connectivity index (χ1v) is 8.70. The van der Waals surface area contributed by atoms with Crippen molar-refractivity contribution < 1.29 is 9.18 Å². The fourth-order valence-electron chi connectivity index (χ4n) is 2.35. The monoisotopic (exact) mass is 371 g/mol. The minimum absolute atomic E-state index is 0. The van der Waals surface area contributed by atoms with Crippen molar-refractivity contribution in [2.75, 3.05) is 19.6 Å². The van der Waals surface area contributed by atoms with Gasteiger partial charge in [-0.25, -0.2) is 9.37 Å². The van der Waals surface area contributed by atoms with Gasteiger partial charge in [0.1, 0.15) is 11.5 Å². The van der Waals surface area contributed by atoms with Crippen molar-refractivity contribution in [2.45, 2.75) is 26.2 Å². The Morgan fingerprint density at radius 3 is 2.79 bits per heavy atom. The molecule has 2 rings (SSSR count). The molecule has 0 bridgehead atoms. The van der Waals surface area contributed by atoms with E-state index in [2.05, 4.69) is 4.98 Å². The molecule has 2 aromatic rings. The van der Waals surface area contributed by atoms with Gasteiger partial charge in [-0.05, 0) is 37.1 Å². The van der Waals surface area contributed by atoms with Crippen LogP contribution in [0, 0.1) is 5.82 Å². The predicted octanol–water partition coefficient (Wildman–Crippen LogP) is 3.30. The van der Waals surface area contributed by atoms with Crippen molar-refractivity contribution in [3.05, 3.63) is 51.7 Å². The van der Waals surface area contributed by atoms with E-state index in [0.29, 0.717) is 38.2 Å². The molecular weight excluding hydrogens is 349 g/mol. The van der Waals surface area contributed by atoms with Gasteiger partial charge in [-0.3, -0.25) is 4.79 Å². The zero-order chi connectivity index (χ0) is 16.7. The van der Waals surface area contributed by atoms with Crippen LogP contribution < -0.4 is 5.73 Å². The Kier molecular flexibility index (Phi) is 8.89. The van der Waals surface area contributed by atoms with Crippen LogP contribution in [0.2, 0.25) is 0 Å². The maximum absolute atomic E-state index is 13.2. The van der Waals surface area contributed by atoms with Crippen LogP contribution in [0.25, 0.3) is 0 Å². The molecule has 4 nitrogen and oxygen atoms in total. The number of hydrogen-bond donors (Lipinski definition) is 1. The molecule has 7 heteroatoms. The van der Waals surface area contributed by atoms with Crippen molar-refractivity contribution in [3.8, 4) is 0 Å². The quantitative estimate of drug-likeness (QED) is 0.774. The maximum atomic E-state index is 13.2. The van der Waals surface area contributed by atoms with Crippen molar-refractivity contribution in [3.63, 3.8) is 0 Å². The average molecular weight is 372 g/mol. The van der Waals surface area contributed by atoms with Gasteiger partial charge in [0.2, 0.25) is 0 Å². The number of thiazole rings is 1. The van der Waals surface area contributed by atoms with Crippen LogP contribution in [0.1, 0.15) is 34.4 Å². The molecule has 0 spiro atoms. The van der Waals surface area contributed by atoms with E-state index < -0.39 is 0 Å². The molecule has 0 aliphatic rings. The smallest absolute Gasteiger partial charge is 0.273 e. The third-order valence-corrected chi connectivity index (χ3v) is 4.38. The van der Waals surface area contributed by atoms with E-state index in [1.165, 1.54) is 23.5 Å². The summed E-state index contributed by atoms with van der Waals surface area (Å²) in [6.45, 7) is 3.78. The summed E-state index contributed by atoms with van der Waals surface area (Å²) in [6.07, 6.45) is 2.19. The van der Waals surface area contributed by atoms with Crippen LogP contribution in [0.5, 0.6) is 0 Å². The van der Waals surface area contributed by atoms with E-state index in [4.69, 9.17) is 5.73 Å². The first-order chi connectivity index (χ1) is 11.1. The second kappa shape index (κ2) is 10.4. The number of nitrogens with zero attached hydrogens (tertiary/aromatic N) is 2. The summed E-state index contributed by atoms with van der Waals surface area (Å²) in [5.74, 6) is -0.315. The van der Waals surface area contributed by atoms with Crippen LogP contribution in [0.15, 0.2) is 29.6 Å².